The van der Waals surface area contributed by atoms with E-state index in [1.807, 2.05) is 42.5 Å². The number of halogens is 1. The van der Waals surface area contributed by atoms with Gasteiger partial charge >= 0.3 is 0 Å². The van der Waals surface area contributed by atoms with Crippen molar-refractivity contribution in [2.75, 3.05) is 5.32 Å². The Kier molecular flexibility index (Phi) is 5.60. The van der Waals surface area contributed by atoms with Crippen molar-refractivity contribution in [3.8, 4) is 21.7 Å². The topological polar surface area (TPSA) is 42.0 Å². The Morgan fingerprint density at radius 2 is 1.69 bits per heavy atom. The fourth-order valence-electron chi connectivity index (χ4n) is 3.04. The van der Waals surface area contributed by atoms with Crippen LogP contribution in [0.2, 0.25) is 0 Å². The number of hydrogen-bond acceptors (Lipinski definition) is 3. The molecule has 4 rings (SSSR count). The molecule has 4 aromatic rings. The number of thiazole rings is 1. The number of aryl methyl sites for hydroxylation is 2. The Bertz CT molecular complexity index is 1180. The van der Waals surface area contributed by atoms with Gasteiger partial charge in [0.15, 0.2) is 5.13 Å². The number of hydrogen-bond donors (Lipinski definition) is 1. The van der Waals surface area contributed by atoms with E-state index in [-0.39, 0.29) is 5.91 Å². The van der Waals surface area contributed by atoms with Gasteiger partial charge in [0.1, 0.15) is 0 Å². The molecule has 1 heterocycles. The molecule has 144 valence electrons. The number of anilines is 1. The van der Waals surface area contributed by atoms with Crippen LogP contribution in [0.1, 0.15) is 21.5 Å². The van der Waals surface area contributed by atoms with Crippen LogP contribution in [0.4, 0.5) is 5.13 Å². The van der Waals surface area contributed by atoms with Gasteiger partial charge in [-0.25, -0.2) is 4.98 Å². The van der Waals surface area contributed by atoms with Crippen molar-refractivity contribution in [1.82, 2.24) is 4.98 Å². The van der Waals surface area contributed by atoms with E-state index in [4.69, 9.17) is 4.98 Å². The second-order valence-electron chi connectivity index (χ2n) is 6.83. The summed E-state index contributed by atoms with van der Waals surface area (Å²) in [4.78, 5) is 18.5. The van der Waals surface area contributed by atoms with Crippen molar-refractivity contribution in [2.45, 2.75) is 13.8 Å². The van der Waals surface area contributed by atoms with E-state index >= 15 is 0 Å². The summed E-state index contributed by atoms with van der Waals surface area (Å²) in [5.41, 5.74) is 6.08. The summed E-state index contributed by atoms with van der Waals surface area (Å²) in [5.74, 6) is -0.175. The van der Waals surface area contributed by atoms with Gasteiger partial charge in [-0.3, -0.25) is 10.1 Å². The molecular weight excluding hydrogens is 444 g/mol. The predicted molar refractivity (Wildman–Crippen MR) is 125 cm³/mol. The fraction of sp³-hybridized carbons (Fsp3) is 0.0833. The van der Waals surface area contributed by atoms with Crippen LogP contribution in [-0.2, 0) is 0 Å². The van der Waals surface area contributed by atoms with E-state index in [9.17, 15) is 4.79 Å². The van der Waals surface area contributed by atoms with Crippen molar-refractivity contribution in [1.29, 1.82) is 0 Å². The molecule has 0 fully saturated rings. The molecule has 0 saturated heterocycles. The predicted octanol–water partition coefficient (Wildman–Crippen LogP) is 7.11. The van der Waals surface area contributed by atoms with Crippen molar-refractivity contribution in [3.63, 3.8) is 0 Å². The molecule has 0 bridgehead atoms. The van der Waals surface area contributed by atoms with Crippen molar-refractivity contribution < 1.29 is 4.79 Å². The van der Waals surface area contributed by atoms with Gasteiger partial charge in [0.05, 0.1) is 10.6 Å². The van der Waals surface area contributed by atoms with Crippen molar-refractivity contribution in [3.05, 3.63) is 94.0 Å². The highest BCUT2D eigenvalue weighted by molar-refractivity contribution is 9.10. The normalized spacial score (nSPS) is 10.7. The maximum Gasteiger partial charge on any atom is 0.257 e. The van der Waals surface area contributed by atoms with Crippen LogP contribution in [0, 0.1) is 13.8 Å². The Morgan fingerprint density at radius 3 is 2.41 bits per heavy atom. The molecule has 0 atom stereocenters. The largest absolute Gasteiger partial charge is 0.298 e. The van der Waals surface area contributed by atoms with Crippen LogP contribution in [-0.4, -0.2) is 10.9 Å². The quantitative estimate of drug-likeness (QED) is 0.351. The van der Waals surface area contributed by atoms with Crippen molar-refractivity contribution in [2.24, 2.45) is 0 Å². The van der Waals surface area contributed by atoms with E-state index in [1.54, 1.807) is 12.1 Å². The number of carbonyl (C=O) groups is 1. The van der Waals surface area contributed by atoms with E-state index in [0.717, 1.165) is 26.2 Å². The van der Waals surface area contributed by atoms with Gasteiger partial charge < -0.3 is 0 Å². The molecule has 1 aromatic heterocycles. The van der Waals surface area contributed by atoms with Gasteiger partial charge in [0.2, 0.25) is 0 Å². The summed E-state index contributed by atoms with van der Waals surface area (Å²) >= 11 is 4.91. The zero-order chi connectivity index (χ0) is 20.4. The van der Waals surface area contributed by atoms with E-state index in [2.05, 4.69) is 53.3 Å². The molecule has 3 aromatic carbocycles. The van der Waals surface area contributed by atoms with Gasteiger partial charge in [-0.05, 0) is 48.7 Å². The smallest absolute Gasteiger partial charge is 0.257 e. The summed E-state index contributed by atoms with van der Waals surface area (Å²) in [5, 5.41) is 3.54. The highest BCUT2D eigenvalue weighted by Crippen LogP contribution is 2.39. The maximum atomic E-state index is 12.7. The number of nitrogens with zero attached hydrogens (tertiary/aromatic N) is 1. The van der Waals surface area contributed by atoms with Crippen LogP contribution in [0.3, 0.4) is 0 Å². The van der Waals surface area contributed by atoms with E-state index < -0.39 is 0 Å². The van der Waals surface area contributed by atoms with Gasteiger partial charge in [-0.1, -0.05) is 81.9 Å². The lowest BCUT2D eigenvalue weighted by Crippen LogP contribution is -2.11. The number of carbonyl (C=O) groups excluding carboxylic acids is 1. The monoisotopic (exact) mass is 462 g/mol. The number of aromatic nitrogens is 1. The molecule has 1 N–H and O–H groups in total. The first kappa shape index (κ1) is 19.6. The third kappa shape index (κ3) is 4.31. The third-order valence-corrected chi connectivity index (χ3v) is 6.26. The molecule has 0 aliphatic carbocycles. The second kappa shape index (κ2) is 8.31. The van der Waals surface area contributed by atoms with E-state index in [0.29, 0.717) is 10.7 Å². The van der Waals surface area contributed by atoms with Gasteiger partial charge in [0.25, 0.3) is 5.91 Å². The molecule has 0 aliphatic heterocycles. The highest BCUT2D eigenvalue weighted by atomic mass is 79.9. The lowest BCUT2D eigenvalue weighted by molar-refractivity contribution is 0.102. The minimum Gasteiger partial charge on any atom is -0.298 e. The van der Waals surface area contributed by atoms with Gasteiger partial charge in [0, 0.05) is 15.6 Å². The summed E-state index contributed by atoms with van der Waals surface area (Å²) < 4.78 is 0.866. The summed E-state index contributed by atoms with van der Waals surface area (Å²) in [6.45, 7) is 4.21. The number of rotatable bonds is 4. The summed E-state index contributed by atoms with van der Waals surface area (Å²) in [6, 6.07) is 23.8. The SMILES string of the molecule is Cc1ccc(-c2sc(NC(=O)c3cccc(Br)c3)nc2-c2ccccc2)cc1C. The van der Waals surface area contributed by atoms with Crippen LogP contribution >= 0.6 is 27.3 Å². The molecule has 0 radical (unpaired) electrons. The minimum absolute atomic E-state index is 0.175. The average molecular weight is 463 g/mol. The maximum absolute atomic E-state index is 12.7. The molecular formula is C24H19BrN2OS. The standard InChI is InChI=1S/C24H19BrN2OS/c1-15-11-12-18(13-16(15)2)22-21(17-7-4-3-5-8-17)26-24(29-22)27-23(28)19-9-6-10-20(25)14-19/h3-14H,1-2H3,(H,26,27,28). The Hall–Kier alpha value is -2.76. The molecule has 0 spiro atoms. The number of amides is 1. The molecule has 0 aliphatic rings. The highest BCUT2D eigenvalue weighted by Gasteiger charge is 2.17. The zero-order valence-corrected chi connectivity index (χ0v) is 18.5. The molecule has 0 unspecified atom stereocenters. The molecule has 0 saturated carbocycles. The first-order chi connectivity index (χ1) is 14.0. The second-order valence-corrected chi connectivity index (χ2v) is 8.74. The van der Waals surface area contributed by atoms with Crippen LogP contribution < -0.4 is 5.32 Å². The van der Waals surface area contributed by atoms with Crippen LogP contribution in [0.5, 0.6) is 0 Å². The van der Waals surface area contributed by atoms with Gasteiger partial charge in [-0.2, -0.15) is 0 Å². The fourth-order valence-corrected chi connectivity index (χ4v) is 4.42. The first-order valence-electron chi connectivity index (χ1n) is 9.22. The minimum atomic E-state index is -0.175. The third-order valence-electron chi connectivity index (χ3n) is 4.75. The van der Waals surface area contributed by atoms with Crippen LogP contribution in [0.25, 0.3) is 21.7 Å². The molecule has 3 nitrogen and oxygen atoms in total. The lowest BCUT2D eigenvalue weighted by atomic mass is 10.0. The van der Waals surface area contributed by atoms with Crippen LogP contribution in [0.15, 0.2) is 77.3 Å². The van der Waals surface area contributed by atoms with E-state index in [1.165, 1.54) is 22.5 Å². The van der Waals surface area contributed by atoms with Gasteiger partial charge in [-0.15, -0.1) is 0 Å². The molecule has 29 heavy (non-hydrogen) atoms. The Morgan fingerprint density at radius 1 is 0.897 bits per heavy atom. The van der Waals surface area contributed by atoms with Crippen molar-refractivity contribution >= 4 is 38.3 Å². The first-order valence-corrected chi connectivity index (χ1v) is 10.8. The summed E-state index contributed by atoms with van der Waals surface area (Å²) in [7, 11) is 0. The number of benzene rings is 3. The Balaban J connectivity index is 1.75. The Labute approximate surface area is 182 Å². The zero-order valence-electron chi connectivity index (χ0n) is 16.1. The lowest BCUT2D eigenvalue weighted by Gasteiger charge is -2.05. The number of nitrogens with one attached hydrogen (secondary N) is 1. The average Bonchev–Trinajstić information content (AvgIpc) is 3.14. The molecule has 5 heteroatoms. The molecule has 1 amide bonds. The summed E-state index contributed by atoms with van der Waals surface area (Å²) in [6.07, 6.45) is 0.